The molecule has 0 unspecified atom stereocenters. The number of rotatable bonds is 7. The fraction of sp³-hybridized carbons (Fsp3) is 0.389. The van der Waals surface area contributed by atoms with Crippen molar-refractivity contribution in [2.24, 2.45) is 5.92 Å². The number of nitrogens with zero attached hydrogens (tertiary/aromatic N) is 2. The summed E-state index contributed by atoms with van der Waals surface area (Å²) in [5.74, 6) is -0.170. The molecule has 0 aliphatic carbocycles. The van der Waals surface area contributed by atoms with Crippen LogP contribution in [0.15, 0.2) is 30.6 Å². The Morgan fingerprint density at radius 2 is 2.04 bits per heavy atom. The number of hydrogen-bond acceptors (Lipinski definition) is 3. The van der Waals surface area contributed by atoms with E-state index in [1.807, 2.05) is 17.7 Å². The second-order valence-electron chi connectivity index (χ2n) is 6.11. The number of aryl methyl sites for hydroxylation is 1. The van der Waals surface area contributed by atoms with Crippen LogP contribution < -0.4 is 16.0 Å². The van der Waals surface area contributed by atoms with Crippen LogP contribution in [0.2, 0.25) is 0 Å². The standard InChI is InChI=1S/C18H24FN5O2/c1-4-16-20-7-9-24(16)10-8-21-18(26)22-13-5-6-14(19)15(11-13)23-17(25)12(2)3/h5-7,9,11-12H,4,8,10H2,1-3H3,(H,23,25)(H2,21,22,26). The molecule has 8 heteroatoms. The van der Waals surface area contributed by atoms with Crippen LogP contribution in [-0.2, 0) is 17.8 Å². The van der Waals surface area contributed by atoms with E-state index < -0.39 is 11.8 Å². The minimum absolute atomic E-state index is 0.0347. The fourth-order valence-corrected chi connectivity index (χ4v) is 2.30. The van der Waals surface area contributed by atoms with Crippen LogP contribution in [0.3, 0.4) is 0 Å². The maximum atomic E-state index is 13.8. The lowest BCUT2D eigenvalue weighted by Gasteiger charge is -2.12. The van der Waals surface area contributed by atoms with Crippen molar-refractivity contribution in [3.8, 4) is 0 Å². The van der Waals surface area contributed by atoms with Gasteiger partial charge in [-0.15, -0.1) is 0 Å². The quantitative estimate of drug-likeness (QED) is 0.708. The van der Waals surface area contributed by atoms with Crippen molar-refractivity contribution in [3.63, 3.8) is 0 Å². The van der Waals surface area contributed by atoms with Gasteiger partial charge in [-0.3, -0.25) is 4.79 Å². The molecule has 140 valence electrons. The Bertz CT molecular complexity index is 773. The molecule has 26 heavy (non-hydrogen) atoms. The molecule has 0 atom stereocenters. The van der Waals surface area contributed by atoms with E-state index in [-0.39, 0.29) is 17.5 Å². The van der Waals surface area contributed by atoms with E-state index in [4.69, 9.17) is 0 Å². The number of halogens is 1. The lowest BCUT2D eigenvalue weighted by atomic mass is 10.2. The maximum Gasteiger partial charge on any atom is 0.319 e. The molecule has 0 aliphatic rings. The van der Waals surface area contributed by atoms with E-state index in [1.54, 1.807) is 20.0 Å². The molecule has 7 nitrogen and oxygen atoms in total. The summed E-state index contributed by atoms with van der Waals surface area (Å²) in [6.45, 7) is 6.48. The molecule has 0 fully saturated rings. The molecule has 0 saturated heterocycles. The summed E-state index contributed by atoms with van der Waals surface area (Å²) in [5.41, 5.74) is 0.423. The highest BCUT2D eigenvalue weighted by atomic mass is 19.1. The molecule has 0 radical (unpaired) electrons. The summed E-state index contributed by atoms with van der Waals surface area (Å²) in [7, 11) is 0. The van der Waals surface area contributed by atoms with Gasteiger partial charge in [0, 0.05) is 43.5 Å². The molecule has 0 bridgehead atoms. The Kier molecular flexibility index (Phi) is 6.71. The molecule has 1 aromatic carbocycles. The lowest BCUT2D eigenvalue weighted by molar-refractivity contribution is -0.118. The summed E-state index contributed by atoms with van der Waals surface area (Å²) in [6, 6.07) is 3.62. The SMILES string of the molecule is CCc1nccn1CCNC(=O)Nc1ccc(F)c(NC(=O)C(C)C)c1. The average Bonchev–Trinajstić information content (AvgIpc) is 3.05. The van der Waals surface area contributed by atoms with Crippen molar-refractivity contribution in [1.29, 1.82) is 0 Å². The van der Waals surface area contributed by atoms with Crippen molar-refractivity contribution in [3.05, 3.63) is 42.2 Å². The molecule has 1 heterocycles. The Hall–Kier alpha value is -2.90. The molecule has 2 aromatic rings. The number of nitrogens with one attached hydrogen (secondary N) is 3. The van der Waals surface area contributed by atoms with Crippen molar-refractivity contribution < 1.29 is 14.0 Å². The minimum atomic E-state index is -0.558. The van der Waals surface area contributed by atoms with Gasteiger partial charge in [-0.25, -0.2) is 14.2 Å². The second-order valence-corrected chi connectivity index (χ2v) is 6.11. The third-order valence-electron chi connectivity index (χ3n) is 3.76. The number of urea groups is 1. The van der Waals surface area contributed by atoms with E-state index in [1.165, 1.54) is 18.2 Å². The van der Waals surface area contributed by atoms with Gasteiger partial charge in [-0.2, -0.15) is 0 Å². The fourth-order valence-electron chi connectivity index (χ4n) is 2.30. The van der Waals surface area contributed by atoms with Crippen LogP contribution in [0.25, 0.3) is 0 Å². The predicted octanol–water partition coefficient (Wildman–Crippen LogP) is 3.00. The molecule has 3 amide bonds. The zero-order valence-electron chi connectivity index (χ0n) is 15.2. The zero-order valence-corrected chi connectivity index (χ0v) is 15.2. The number of aromatic nitrogens is 2. The molecule has 3 N–H and O–H groups in total. The van der Waals surface area contributed by atoms with E-state index in [0.29, 0.717) is 18.8 Å². The summed E-state index contributed by atoms with van der Waals surface area (Å²) >= 11 is 0. The van der Waals surface area contributed by atoms with Gasteiger partial charge in [0.25, 0.3) is 0 Å². The molecule has 1 aromatic heterocycles. The molecule has 0 saturated carbocycles. The van der Waals surface area contributed by atoms with Crippen LogP contribution in [0.4, 0.5) is 20.6 Å². The van der Waals surface area contributed by atoms with Gasteiger partial charge in [-0.1, -0.05) is 20.8 Å². The summed E-state index contributed by atoms with van der Waals surface area (Å²) in [5, 5.41) is 7.86. The van der Waals surface area contributed by atoms with Gasteiger partial charge in [0.1, 0.15) is 11.6 Å². The van der Waals surface area contributed by atoms with Crippen LogP contribution in [0, 0.1) is 11.7 Å². The van der Waals surface area contributed by atoms with Crippen molar-refractivity contribution in [2.75, 3.05) is 17.2 Å². The molecular weight excluding hydrogens is 337 g/mol. The number of carbonyl (C=O) groups excluding carboxylic acids is 2. The van der Waals surface area contributed by atoms with Crippen LogP contribution in [0.1, 0.15) is 26.6 Å². The zero-order chi connectivity index (χ0) is 19.1. The molecule has 2 rings (SSSR count). The first-order valence-corrected chi connectivity index (χ1v) is 8.56. The van der Waals surface area contributed by atoms with E-state index in [9.17, 15) is 14.0 Å². The van der Waals surface area contributed by atoms with Crippen LogP contribution >= 0.6 is 0 Å². The van der Waals surface area contributed by atoms with Gasteiger partial charge in [-0.05, 0) is 18.2 Å². The van der Waals surface area contributed by atoms with Gasteiger partial charge in [0.2, 0.25) is 5.91 Å². The van der Waals surface area contributed by atoms with Crippen molar-refractivity contribution >= 4 is 23.3 Å². The van der Waals surface area contributed by atoms with Gasteiger partial charge in [0.15, 0.2) is 0 Å². The summed E-state index contributed by atoms with van der Waals surface area (Å²) < 4.78 is 15.8. The van der Waals surface area contributed by atoms with Crippen LogP contribution in [0.5, 0.6) is 0 Å². The maximum absolute atomic E-state index is 13.8. The highest BCUT2D eigenvalue weighted by molar-refractivity contribution is 5.94. The summed E-state index contributed by atoms with van der Waals surface area (Å²) in [4.78, 5) is 27.9. The van der Waals surface area contributed by atoms with E-state index in [2.05, 4.69) is 20.9 Å². The monoisotopic (exact) mass is 361 g/mol. The topological polar surface area (TPSA) is 88.1 Å². The lowest BCUT2D eigenvalue weighted by Crippen LogP contribution is -2.31. The second kappa shape index (κ2) is 8.98. The highest BCUT2D eigenvalue weighted by Gasteiger charge is 2.12. The number of hydrogen-bond donors (Lipinski definition) is 3. The first-order valence-electron chi connectivity index (χ1n) is 8.56. The average molecular weight is 361 g/mol. The first kappa shape index (κ1) is 19.4. The Morgan fingerprint density at radius 3 is 2.73 bits per heavy atom. The van der Waals surface area contributed by atoms with E-state index >= 15 is 0 Å². The Balaban J connectivity index is 1.89. The van der Waals surface area contributed by atoms with Gasteiger partial charge >= 0.3 is 6.03 Å². The molecule has 0 aliphatic heterocycles. The Labute approximate surface area is 152 Å². The number of carbonyl (C=O) groups is 2. The number of amides is 3. The normalized spacial score (nSPS) is 10.7. The molecule has 0 spiro atoms. The number of anilines is 2. The molecular formula is C18H24FN5O2. The first-order chi connectivity index (χ1) is 12.4. The third kappa shape index (κ3) is 5.30. The van der Waals surface area contributed by atoms with E-state index in [0.717, 1.165) is 12.2 Å². The van der Waals surface area contributed by atoms with Crippen molar-refractivity contribution in [2.45, 2.75) is 33.7 Å². The largest absolute Gasteiger partial charge is 0.336 e. The number of benzene rings is 1. The number of imidazole rings is 1. The highest BCUT2D eigenvalue weighted by Crippen LogP contribution is 2.20. The third-order valence-corrected chi connectivity index (χ3v) is 3.76. The minimum Gasteiger partial charge on any atom is -0.336 e. The summed E-state index contributed by atoms with van der Waals surface area (Å²) in [6.07, 6.45) is 4.41. The smallest absolute Gasteiger partial charge is 0.319 e. The Morgan fingerprint density at radius 1 is 1.27 bits per heavy atom. The van der Waals surface area contributed by atoms with Gasteiger partial charge < -0.3 is 20.5 Å². The van der Waals surface area contributed by atoms with Gasteiger partial charge in [0.05, 0.1) is 5.69 Å². The van der Waals surface area contributed by atoms with Crippen LogP contribution in [-0.4, -0.2) is 28.0 Å². The predicted molar refractivity (Wildman–Crippen MR) is 98.5 cm³/mol. The van der Waals surface area contributed by atoms with Crippen molar-refractivity contribution in [1.82, 2.24) is 14.9 Å².